The number of rotatable bonds is 3. The summed E-state index contributed by atoms with van der Waals surface area (Å²) < 4.78 is 39.6. The van der Waals surface area contributed by atoms with Gasteiger partial charge >= 0.3 is 6.18 Å². The van der Waals surface area contributed by atoms with E-state index in [1.807, 2.05) is 0 Å². The van der Waals surface area contributed by atoms with Crippen LogP contribution in [0.15, 0.2) is 48.7 Å². The second kappa shape index (κ2) is 7.29. The fourth-order valence-corrected chi connectivity index (χ4v) is 3.30. The maximum Gasteiger partial charge on any atom is 0.417 e. The van der Waals surface area contributed by atoms with Crippen molar-refractivity contribution in [2.45, 2.75) is 25.4 Å². The Kier molecular flexibility index (Phi) is 4.76. The van der Waals surface area contributed by atoms with E-state index in [4.69, 9.17) is 0 Å². The maximum atomic E-state index is 13.0. The summed E-state index contributed by atoms with van der Waals surface area (Å²) in [7, 11) is 0. The van der Waals surface area contributed by atoms with Crippen molar-refractivity contribution in [3.8, 4) is 5.82 Å². The van der Waals surface area contributed by atoms with Gasteiger partial charge in [-0.2, -0.15) is 23.0 Å². The first-order valence-electron chi connectivity index (χ1n) is 9.02. The minimum Gasteiger partial charge on any atom is -0.326 e. The lowest BCUT2D eigenvalue weighted by atomic mass is 9.90. The number of carbonyl (C=O) groups is 2. The summed E-state index contributed by atoms with van der Waals surface area (Å²) in [6.45, 7) is 1.68. The molecule has 1 aromatic carbocycles. The van der Waals surface area contributed by atoms with Gasteiger partial charge in [0.1, 0.15) is 5.82 Å². The molecule has 154 valence electrons. The molecule has 0 radical (unpaired) electrons. The highest BCUT2D eigenvalue weighted by molar-refractivity contribution is 6.04. The highest BCUT2D eigenvalue weighted by Crippen LogP contribution is 2.33. The lowest BCUT2D eigenvalue weighted by Gasteiger charge is -2.24. The van der Waals surface area contributed by atoms with Gasteiger partial charge in [-0.3, -0.25) is 9.59 Å². The zero-order valence-electron chi connectivity index (χ0n) is 15.7. The predicted molar refractivity (Wildman–Crippen MR) is 102 cm³/mol. The van der Waals surface area contributed by atoms with Gasteiger partial charge in [-0.1, -0.05) is 18.2 Å². The third-order valence-corrected chi connectivity index (χ3v) is 4.69. The van der Waals surface area contributed by atoms with E-state index in [2.05, 4.69) is 20.7 Å². The molecule has 7 nitrogen and oxygen atoms in total. The van der Waals surface area contributed by atoms with E-state index in [1.54, 1.807) is 37.3 Å². The van der Waals surface area contributed by atoms with Gasteiger partial charge in [0.15, 0.2) is 5.82 Å². The quantitative estimate of drug-likeness (QED) is 0.683. The Morgan fingerprint density at radius 2 is 2.00 bits per heavy atom. The molecule has 1 aliphatic heterocycles. The van der Waals surface area contributed by atoms with E-state index < -0.39 is 23.6 Å². The van der Waals surface area contributed by atoms with Crippen LogP contribution in [0.25, 0.3) is 5.82 Å². The molecule has 0 saturated carbocycles. The summed E-state index contributed by atoms with van der Waals surface area (Å²) in [5, 5.41) is 9.66. The van der Waals surface area contributed by atoms with Gasteiger partial charge in [-0.05, 0) is 30.7 Å². The molecular weight excluding hydrogens is 399 g/mol. The first-order valence-corrected chi connectivity index (χ1v) is 9.02. The molecular formula is C20H16F3N5O2. The molecule has 0 saturated heterocycles. The molecule has 10 heteroatoms. The van der Waals surface area contributed by atoms with Gasteiger partial charge in [-0.25, -0.2) is 4.98 Å². The number of pyridine rings is 1. The first-order chi connectivity index (χ1) is 14.2. The number of hydrogen-bond donors (Lipinski definition) is 2. The second-order valence-electron chi connectivity index (χ2n) is 6.87. The summed E-state index contributed by atoms with van der Waals surface area (Å²) >= 11 is 0. The summed E-state index contributed by atoms with van der Waals surface area (Å²) in [5.41, 5.74) is 0.910. The van der Waals surface area contributed by atoms with Crippen LogP contribution in [0, 0.1) is 6.92 Å². The number of halogens is 3. The fraction of sp³-hybridized carbons (Fsp3) is 0.200. The molecule has 0 spiro atoms. The topological polar surface area (TPSA) is 88.9 Å². The minimum absolute atomic E-state index is 0.0193. The summed E-state index contributed by atoms with van der Waals surface area (Å²) in [6, 6.07) is 10.7. The van der Waals surface area contributed by atoms with Crippen LogP contribution in [0.1, 0.15) is 29.2 Å². The van der Waals surface area contributed by atoms with Gasteiger partial charge in [0, 0.05) is 24.4 Å². The molecule has 1 unspecified atom stereocenters. The van der Waals surface area contributed by atoms with Crippen molar-refractivity contribution in [2.75, 3.05) is 10.6 Å². The fourth-order valence-electron chi connectivity index (χ4n) is 3.30. The van der Waals surface area contributed by atoms with Crippen molar-refractivity contribution >= 4 is 23.3 Å². The van der Waals surface area contributed by atoms with E-state index in [9.17, 15) is 22.8 Å². The minimum atomic E-state index is -4.50. The molecule has 30 heavy (non-hydrogen) atoms. The van der Waals surface area contributed by atoms with Crippen LogP contribution in [0.3, 0.4) is 0 Å². The van der Waals surface area contributed by atoms with Crippen LogP contribution < -0.4 is 10.6 Å². The van der Waals surface area contributed by atoms with Crippen molar-refractivity contribution < 1.29 is 22.8 Å². The van der Waals surface area contributed by atoms with Crippen molar-refractivity contribution in [3.05, 3.63) is 65.5 Å². The summed E-state index contributed by atoms with van der Waals surface area (Å²) in [5.74, 6) is -1.05. The lowest BCUT2D eigenvalue weighted by molar-refractivity contribution is -0.137. The van der Waals surface area contributed by atoms with E-state index >= 15 is 0 Å². The van der Waals surface area contributed by atoms with E-state index in [-0.39, 0.29) is 24.0 Å². The molecule has 4 rings (SSSR count). The average molecular weight is 415 g/mol. The second-order valence-corrected chi connectivity index (χ2v) is 6.87. The standard InChI is InChI=1S/C20H16F3N5O2/c1-11-8-17(28(27-11)16-7-6-12(10-24-16)20(21,22)23)26-19(30)14-9-18(29)25-15-5-3-2-4-13(14)15/h2-8,10,14H,9H2,1H3,(H,25,29)(H,26,30). The lowest BCUT2D eigenvalue weighted by Crippen LogP contribution is -2.31. The van der Waals surface area contributed by atoms with Gasteiger partial charge in [0.25, 0.3) is 0 Å². The van der Waals surface area contributed by atoms with Crippen LogP contribution in [0.4, 0.5) is 24.7 Å². The zero-order chi connectivity index (χ0) is 21.5. The van der Waals surface area contributed by atoms with Crippen molar-refractivity contribution in [2.24, 2.45) is 0 Å². The number of aromatic nitrogens is 3. The highest BCUT2D eigenvalue weighted by atomic mass is 19.4. The average Bonchev–Trinajstić information content (AvgIpc) is 3.06. The number of fused-ring (bicyclic) bond motifs is 1. The molecule has 0 fully saturated rings. The number of alkyl halides is 3. The Bertz CT molecular complexity index is 1120. The predicted octanol–water partition coefficient (Wildman–Crippen LogP) is 3.66. The monoisotopic (exact) mass is 415 g/mol. The van der Waals surface area contributed by atoms with Crippen molar-refractivity contribution in [3.63, 3.8) is 0 Å². The van der Waals surface area contributed by atoms with E-state index in [0.29, 0.717) is 23.1 Å². The maximum absolute atomic E-state index is 13.0. The first kappa shape index (κ1) is 19.6. The van der Waals surface area contributed by atoms with Crippen LogP contribution in [0.2, 0.25) is 0 Å². The molecule has 3 aromatic rings. The molecule has 1 atom stereocenters. The summed E-state index contributed by atoms with van der Waals surface area (Å²) in [4.78, 5) is 28.8. The van der Waals surface area contributed by atoms with Gasteiger partial charge in [-0.15, -0.1) is 0 Å². The highest BCUT2D eigenvalue weighted by Gasteiger charge is 2.32. The number of anilines is 2. The molecule has 0 bridgehead atoms. The number of para-hydroxylation sites is 1. The largest absolute Gasteiger partial charge is 0.417 e. The van der Waals surface area contributed by atoms with Crippen LogP contribution in [-0.2, 0) is 15.8 Å². The van der Waals surface area contributed by atoms with Gasteiger partial charge < -0.3 is 10.6 Å². The smallest absolute Gasteiger partial charge is 0.326 e. The number of aryl methyl sites for hydroxylation is 1. The normalized spacial score (nSPS) is 16.0. The Morgan fingerprint density at radius 1 is 1.23 bits per heavy atom. The van der Waals surface area contributed by atoms with Gasteiger partial charge in [0.05, 0.1) is 17.2 Å². The zero-order valence-corrected chi connectivity index (χ0v) is 15.7. The number of carbonyl (C=O) groups excluding carboxylic acids is 2. The van der Waals surface area contributed by atoms with Gasteiger partial charge in [0.2, 0.25) is 11.8 Å². The number of benzene rings is 1. The molecule has 2 N–H and O–H groups in total. The van der Waals surface area contributed by atoms with Crippen LogP contribution in [-0.4, -0.2) is 26.6 Å². The van der Waals surface area contributed by atoms with Crippen LogP contribution in [0.5, 0.6) is 0 Å². The van der Waals surface area contributed by atoms with E-state index in [1.165, 1.54) is 10.7 Å². The van der Waals surface area contributed by atoms with E-state index in [0.717, 1.165) is 6.07 Å². The molecule has 2 amide bonds. The molecule has 2 aromatic heterocycles. The number of hydrogen-bond acceptors (Lipinski definition) is 4. The van der Waals surface area contributed by atoms with Crippen molar-refractivity contribution in [1.29, 1.82) is 0 Å². The van der Waals surface area contributed by atoms with Crippen LogP contribution >= 0.6 is 0 Å². The molecule has 0 aliphatic carbocycles. The third kappa shape index (κ3) is 3.76. The third-order valence-electron chi connectivity index (χ3n) is 4.69. The Morgan fingerprint density at radius 3 is 2.70 bits per heavy atom. The number of nitrogens with one attached hydrogen (secondary N) is 2. The SMILES string of the molecule is Cc1cc(NC(=O)C2CC(=O)Nc3ccccc32)n(-c2ccc(C(F)(F)F)cn2)n1. The van der Waals surface area contributed by atoms with Crippen molar-refractivity contribution in [1.82, 2.24) is 14.8 Å². The Balaban J connectivity index is 1.62. The Labute approximate surface area is 168 Å². The molecule has 1 aliphatic rings. The number of amides is 2. The summed E-state index contributed by atoms with van der Waals surface area (Å²) in [6.07, 6.45) is -3.81. The molecule has 3 heterocycles. The Hall–Kier alpha value is -3.69. The number of nitrogens with zero attached hydrogens (tertiary/aromatic N) is 3.